The van der Waals surface area contributed by atoms with Crippen LogP contribution in [-0.4, -0.2) is 25.2 Å². The summed E-state index contributed by atoms with van der Waals surface area (Å²) in [6.07, 6.45) is 6.98. The van der Waals surface area contributed by atoms with Crippen molar-refractivity contribution >= 4 is 27.7 Å². The van der Waals surface area contributed by atoms with E-state index in [1.807, 2.05) is 36.4 Å². The van der Waals surface area contributed by atoms with Crippen LogP contribution in [0.2, 0.25) is 0 Å². The molecule has 7 heteroatoms. The van der Waals surface area contributed by atoms with Crippen LogP contribution in [0.25, 0.3) is 21.8 Å². The van der Waals surface area contributed by atoms with Crippen molar-refractivity contribution in [2.45, 2.75) is 19.6 Å². The summed E-state index contributed by atoms with van der Waals surface area (Å²) in [4.78, 5) is 29.2. The van der Waals surface area contributed by atoms with Gasteiger partial charge in [0.15, 0.2) is 0 Å². The summed E-state index contributed by atoms with van der Waals surface area (Å²) in [5, 5.41) is 8.43. The molecule has 0 radical (unpaired) electrons. The van der Waals surface area contributed by atoms with Gasteiger partial charge in [0.25, 0.3) is 5.56 Å². The van der Waals surface area contributed by atoms with Gasteiger partial charge in [-0.2, -0.15) is 5.10 Å². The highest BCUT2D eigenvalue weighted by molar-refractivity contribution is 5.84. The minimum atomic E-state index is -0.242. The molecule has 7 nitrogen and oxygen atoms in total. The number of imidazole rings is 1. The van der Waals surface area contributed by atoms with Crippen LogP contribution in [0.15, 0.2) is 59.7 Å². The summed E-state index contributed by atoms with van der Waals surface area (Å²) in [5.74, 6) is 2.25. The molecule has 0 fully saturated rings. The van der Waals surface area contributed by atoms with Gasteiger partial charge in [0.2, 0.25) is 5.91 Å². The molecule has 2 aromatic carbocycles. The number of carbonyl (C=O) groups is 1. The van der Waals surface area contributed by atoms with Gasteiger partial charge in [-0.05, 0) is 18.2 Å². The Hall–Kier alpha value is -3.92. The van der Waals surface area contributed by atoms with Crippen LogP contribution < -0.4 is 10.9 Å². The monoisotopic (exact) mass is 371 g/mol. The molecule has 0 aliphatic carbocycles. The molecule has 0 spiro atoms. The number of hydrogen-bond acceptors (Lipinski definition) is 4. The number of carbonyl (C=O) groups excluding carboxylic acids is 1. The van der Waals surface area contributed by atoms with E-state index in [9.17, 15) is 9.59 Å². The molecule has 0 saturated heterocycles. The molecule has 0 bridgehead atoms. The molecule has 1 amide bonds. The largest absolute Gasteiger partial charge is 0.349 e. The zero-order valence-electron chi connectivity index (χ0n) is 15.0. The van der Waals surface area contributed by atoms with Crippen molar-refractivity contribution in [1.29, 1.82) is 0 Å². The van der Waals surface area contributed by atoms with E-state index in [0.717, 1.165) is 11.0 Å². The molecule has 1 N–H and O–H groups in total. The van der Waals surface area contributed by atoms with Gasteiger partial charge >= 0.3 is 0 Å². The maximum atomic E-state index is 12.5. The van der Waals surface area contributed by atoms with E-state index in [4.69, 9.17) is 6.42 Å². The average Bonchev–Trinajstić information content (AvgIpc) is 3.12. The molecule has 0 saturated carbocycles. The van der Waals surface area contributed by atoms with Gasteiger partial charge in [0.05, 0.1) is 35.0 Å². The van der Waals surface area contributed by atoms with Crippen molar-refractivity contribution in [2.75, 3.05) is 0 Å². The first kappa shape index (κ1) is 17.5. The number of aromatic nitrogens is 4. The molecule has 138 valence electrons. The molecule has 2 aromatic heterocycles. The van der Waals surface area contributed by atoms with E-state index < -0.39 is 0 Å². The number of rotatable bonds is 5. The number of benzene rings is 2. The van der Waals surface area contributed by atoms with E-state index in [1.165, 1.54) is 4.68 Å². The molecular weight excluding hydrogens is 354 g/mol. The van der Waals surface area contributed by atoms with Crippen molar-refractivity contribution in [3.63, 3.8) is 0 Å². The van der Waals surface area contributed by atoms with Gasteiger partial charge in [-0.25, -0.2) is 9.67 Å². The fraction of sp³-hybridized carbons (Fsp3) is 0.143. The van der Waals surface area contributed by atoms with E-state index in [-0.39, 0.29) is 31.1 Å². The van der Waals surface area contributed by atoms with Crippen LogP contribution in [-0.2, 0) is 24.4 Å². The third kappa shape index (κ3) is 3.23. The normalized spacial score (nSPS) is 10.8. The molecule has 0 aliphatic heterocycles. The third-order valence-corrected chi connectivity index (χ3v) is 4.48. The zero-order valence-corrected chi connectivity index (χ0v) is 15.0. The smallest absolute Gasteiger partial charge is 0.275 e. The van der Waals surface area contributed by atoms with E-state index >= 15 is 0 Å². The zero-order chi connectivity index (χ0) is 19.5. The van der Waals surface area contributed by atoms with E-state index in [2.05, 4.69) is 21.3 Å². The summed E-state index contributed by atoms with van der Waals surface area (Å²) in [5.41, 5.74) is 2.08. The second kappa shape index (κ2) is 7.37. The van der Waals surface area contributed by atoms with Crippen LogP contribution in [0.3, 0.4) is 0 Å². The van der Waals surface area contributed by atoms with Crippen LogP contribution in [0.5, 0.6) is 0 Å². The Kier molecular flexibility index (Phi) is 4.60. The molecule has 28 heavy (non-hydrogen) atoms. The lowest BCUT2D eigenvalue weighted by molar-refractivity contribution is -0.121. The molecule has 0 atom stereocenters. The molecule has 0 aliphatic rings. The van der Waals surface area contributed by atoms with Crippen LogP contribution in [0.4, 0.5) is 0 Å². The summed E-state index contributed by atoms with van der Waals surface area (Å²) >= 11 is 0. The van der Waals surface area contributed by atoms with Gasteiger partial charge in [0, 0.05) is 5.39 Å². The van der Waals surface area contributed by atoms with Gasteiger partial charge in [-0.3, -0.25) is 9.59 Å². The van der Waals surface area contributed by atoms with Crippen molar-refractivity contribution in [2.24, 2.45) is 0 Å². The highest BCUT2D eigenvalue weighted by Gasteiger charge is 2.12. The third-order valence-electron chi connectivity index (χ3n) is 4.48. The van der Waals surface area contributed by atoms with Gasteiger partial charge in [-0.1, -0.05) is 36.3 Å². The Balaban J connectivity index is 1.57. The van der Waals surface area contributed by atoms with Crippen molar-refractivity contribution < 1.29 is 4.79 Å². The van der Waals surface area contributed by atoms with E-state index in [1.54, 1.807) is 23.0 Å². The summed E-state index contributed by atoms with van der Waals surface area (Å²) in [6.45, 7) is 0.408. The van der Waals surface area contributed by atoms with Crippen LogP contribution in [0, 0.1) is 12.3 Å². The Morgan fingerprint density at radius 1 is 1.11 bits per heavy atom. The molecule has 2 heterocycles. The molecule has 4 rings (SSSR count). The van der Waals surface area contributed by atoms with E-state index in [0.29, 0.717) is 16.5 Å². The number of fused-ring (bicyclic) bond motifs is 2. The minimum Gasteiger partial charge on any atom is -0.349 e. The lowest BCUT2D eigenvalue weighted by Gasteiger charge is -2.11. The van der Waals surface area contributed by atoms with Crippen molar-refractivity contribution in [3.05, 3.63) is 70.9 Å². The lowest BCUT2D eigenvalue weighted by Crippen LogP contribution is -2.30. The minimum absolute atomic E-state index is 0.0750. The molecular formula is C21H17N5O2. The predicted molar refractivity (Wildman–Crippen MR) is 106 cm³/mol. The summed E-state index contributed by atoms with van der Waals surface area (Å²) in [6, 6.07) is 14.8. The van der Waals surface area contributed by atoms with Crippen LogP contribution >= 0.6 is 0 Å². The standard InChI is InChI=1S/C21H17N5O2/c1-2-11-26-21(28)16-8-4-3-7-15(16)18(24-26)12-22-20(27)13-25-14-23-17-9-5-6-10-19(17)25/h1,3-10,14H,11-13H2,(H,22,27). The van der Waals surface area contributed by atoms with Crippen molar-refractivity contribution in [3.8, 4) is 12.3 Å². The number of nitrogens with zero attached hydrogens (tertiary/aromatic N) is 4. The molecule has 4 aromatic rings. The lowest BCUT2D eigenvalue weighted by atomic mass is 10.1. The van der Waals surface area contributed by atoms with Crippen LogP contribution in [0.1, 0.15) is 5.69 Å². The summed E-state index contributed by atoms with van der Waals surface area (Å²) < 4.78 is 3.03. The topological polar surface area (TPSA) is 81.8 Å². The first-order valence-electron chi connectivity index (χ1n) is 8.76. The second-order valence-electron chi connectivity index (χ2n) is 6.30. The predicted octanol–water partition coefficient (Wildman–Crippen LogP) is 1.70. The Morgan fingerprint density at radius 2 is 1.86 bits per heavy atom. The van der Waals surface area contributed by atoms with Crippen molar-refractivity contribution in [1.82, 2.24) is 24.6 Å². The fourth-order valence-corrected chi connectivity index (χ4v) is 3.16. The first-order valence-corrected chi connectivity index (χ1v) is 8.76. The Morgan fingerprint density at radius 3 is 2.68 bits per heavy atom. The quantitative estimate of drug-likeness (QED) is 0.542. The highest BCUT2D eigenvalue weighted by Crippen LogP contribution is 2.14. The maximum Gasteiger partial charge on any atom is 0.275 e. The second-order valence-corrected chi connectivity index (χ2v) is 6.30. The van der Waals surface area contributed by atoms with Gasteiger partial charge < -0.3 is 9.88 Å². The number of para-hydroxylation sites is 2. The van der Waals surface area contributed by atoms with Gasteiger partial charge in [0.1, 0.15) is 13.1 Å². The SMILES string of the molecule is C#CCn1nc(CNC(=O)Cn2cnc3ccccc32)c2ccccc2c1=O. The van der Waals surface area contributed by atoms with Gasteiger partial charge in [-0.15, -0.1) is 6.42 Å². The number of amides is 1. The Bertz CT molecular complexity index is 1280. The first-order chi connectivity index (χ1) is 13.7. The number of hydrogen-bond donors (Lipinski definition) is 1. The maximum absolute atomic E-state index is 12.5. The Labute approximate surface area is 160 Å². The summed E-state index contributed by atoms with van der Waals surface area (Å²) in [7, 11) is 0. The number of nitrogens with one attached hydrogen (secondary N) is 1. The molecule has 0 unspecified atom stereocenters. The average molecular weight is 371 g/mol. The number of terminal acetylenes is 1. The fourth-order valence-electron chi connectivity index (χ4n) is 3.16. The highest BCUT2D eigenvalue weighted by atomic mass is 16.2.